The number of piperidine rings is 1. The summed E-state index contributed by atoms with van der Waals surface area (Å²) in [4.78, 5) is -0.297. The largest absolute Gasteiger partial charge is 0.384 e. The Labute approximate surface area is 143 Å². The van der Waals surface area contributed by atoms with E-state index in [1.165, 1.54) is 6.07 Å². The number of hydrogen-bond acceptors (Lipinski definition) is 4. The number of sulfonamides is 1. The van der Waals surface area contributed by atoms with E-state index in [0.717, 1.165) is 25.9 Å². The first-order valence-electron chi connectivity index (χ1n) is 7.35. The number of halogens is 2. The summed E-state index contributed by atoms with van der Waals surface area (Å²) in [6, 6.07) is 4.38. The van der Waals surface area contributed by atoms with Gasteiger partial charge in [0.1, 0.15) is 10.7 Å². The van der Waals surface area contributed by atoms with E-state index in [1.54, 1.807) is 26.2 Å². The Bertz CT molecular complexity index is 614. The van der Waals surface area contributed by atoms with Gasteiger partial charge in [-0.25, -0.2) is 17.5 Å². The number of nitrogens with one attached hydrogen (secondary N) is 2. The summed E-state index contributed by atoms with van der Waals surface area (Å²) in [7, 11) is -2.26. The van der Waals surface area contributed by atoms with Crippen molar-refractivity contribution >= 4 is 22.4 Å². The fourth-order valence-corrected chi connectivity index (χ4v) is 4.10. The van der Waals surface area contributed by atoms with Gasteiger partial charge < -0.3 is 10.1 Å². The summed E-state index contributed by atoms with van der Waals surface area (Å²) in [5.74, 6) is -0.693. The minimum Gasteiger partial charge on any atom is -0.384 e. The number of aryl methyl sites for hydroxylation is 1. The summed E-state index contributed by atoms with van der Waals surface area (Å²) in [5, 5.41) is 3.25. The SMILES string of the molecule is COCC1(CNS(=O)(=O)c2cccc(C)c2F)CCNCC1.Cl. The summed E-state index contributed by atoms with van der Waals surface area (Å²) >= 11 is 0. The number of methoxy groups -OCH3 is 1. The van der Waals surface area contributed by atoms with Crippen LogP contribution in [0.1, 0.15) is 18.4 Å². The van der Waals surface area contributed by atoms with Crippen LogP contribution in [0.5, 0.6) is 0 Å². The normalized spacial score (nSPS) is 17.5. The molecule has 132 valence electrons. The molecule has 23 heavy (non-hydrogen) atoms. The molecule has 0 aliphatic carbocycles. The van der Waals surface area contributed by atoms with E-state index in [4.69, 9.17) is 4.74 Å². The lowest BCUT2D eigenvalue weighted by molar-refractivity contribution is 0.0577. The molecule has 1 saturated heterocycles. The molecule has 0 amide bonds. The van der Waals surface area contributed by atoms with E-state index in [9.17, 15) is 12.8 Å². The molecule has 5 nitrogen and oxygen atoms in total. The highest BCUT2D eigenvalue weighted by Gasteiger charge is 2.34. The zero-order chi connectivity index (χ0) is 16.2. The van der Waals surface area contributed by atoms with Crippen LogP contribution in [0.4, 0.5) is 4.39 Å². The van der Waals surface area contributed by atoms with Crippen molar-refractivity contribution in [1.29, 1.82) is 0 Å². The summed E-state index contributed by atoms with van der Waals surface area (Å²) in [5.41, 5.74) is 0.0734. The number of benzene rings is 1. The van der Waals surface area contributed by atoms with Crippen LogP contribution in [0.2, 0.25) is 0 Å². The molecule has 1 aliphatic heterocycles. The number of ether oxygens (including phenoxy) is 1. The standard InChI is InChI=1S/C15H23FN2O3S.ClH/c1-12-4-3-5-13(14(12)16)22(19,20)18-10-15(11-21-2)6-8-17-9-7-15;/h3-5,17-18H,6-11H2,1-2H3;1H. The van der Waals surface area contributed by atoms with Gasteiger partial charge in [0.25, 0.3) is 0 Å². The fourth-order valence-electron chi connectivity index (χ4n) is 2.79. The minimum atomic E-state index is -3.87. The van der Waals surface area contributed by atoms with Gasteiger partial charge in [-0.1, -0.05) is 12.1 Å². The van der Waals surface area contributed by atoms with Crippen molar-refractivity contribution in [3.63, 3.8) is 0 Å². The number of rotatable bonds is 6. The predicted octanol–water partition coefficient (Wildman–Crippen LogP) is 1.85. The minimum absolute atomic E-state index is 0. The van der Waals surface area contributed by atoms with Gasteiger partial charge in [0, 0.05) is 19.1 Å². The highest BCUT2D eigenvalue weighted by molar-refractivity contribution is 7.89. The van der Waals surface area contributed by atoms with Gasteiger partial charge in [-0.3, -0.25) is 0 Å². The summed E-state index contributed by atoms with van der Waals surface area (Å²) in [6.45, 7) is 3.92. The van der Waals surface area contributed by atoms with E-state index >= 15 is 0 Å². The number of hydrogen-bond donors (Lipinski definition) is 2. The van der Waals surface area contributed by atoms with Gasteiger partial charge >= 0.3 is 0 Å². The molecule has 1 aromatic rings. The molecule has 0 saturated carbocycles. The van der Waals surface area contributed by atoms with Gasteiger partial charge in [-0.15, -0.1) is 12.4 Å². The maximum Gasteiger partial charge on any atom is 0.243 e. The van der Waals surface area contributed by atoms with Crippen LogP contribution in [-0.4, -0.2) is 41.8 Å². The smallest absolute Gasteiger partial charge is 0.243 e. The van der Waals surface area contributed by atoms with Crippen LogP contribution in [0.3, 0.4) is 0 Å². The molecule has 2 rings (SSSR count). The third-order valence-corrected chi connectivity index (χ3v) is 5.62. The molecule has 1 aromatic carbocycles. The summed E-state index contributed by atoms with van der Waals surface area (Å²) in [6.07, 6.45) is 1.64. The second kappa shape index (κ2) is 8.39. The van der Waals surface area contributed by atoms with Gasteiger partial charge in [-0.05, 0) is 44.5 Å². The van der Waals surface area contributed by atoms with E-state index in [-0.39, 0.29) is 29.3 Å². The second-order valence-corrected chi connectivity index (χ2v) is 7.63. The van der Waals surface area contributed by atoms with Gasteiger partial charge in [-0.2, -0.15) is 0 Å². The third-order valence-electron chi connectivity index (χ3n) is 4.20. The van der Waals surface area contributed by atoms with E-state index in [0.29, 0.717) is 12.2 Å². The van der Waals surface area contributed by atoms with E-state index in [1.807, 2.05) is 0 Å². The molecular formula is C15H24ClFN2O3S. The van der Waals surface area contributed by atoms with Crippen molar-refractivity contribution in [2.24, 2.45) is 5.41 Å². The van der Waals surface area contributed by atoms with E-state index in [2.05, 4.69) is 10.0 Å². The first-order chi connectivity index (χ1) is 10.4. The molecule has 1 aliphatic rings. The van der Waals surface area contributed by atoms with Crippen LogP contribution < -0.4 is 10.0 Å². The van der Waals surface area contributed by atoms with Crippen molar-refractivity contribution in [3.05, 3.63) is 29.6 Å². The molecule has 0 atom stereocenters. The maximum atomic E-state index is 14.1. The lowest BCUT2D eigenvalue weighted by Crippen LogP contribution is -2.47. The van der Waals surface area contributed by atoms with Gasteiger partial charge in [0.05, 0.1) is 6.61 Å². The van der Waals surface area contributed by atoms with Gasteiger partial charge in [0.15, 0.2) is 0 Å². The first kappa shape index (κ1) is 20.3. The van der Waals surface area contributed by atoms with Crippen molar-refractivity contribution in [2.75, 3.05) is 33.4 Å². The Morgan fingerprint density at radius 2 is 2.00 bits per heavy atom. The van der Waals surface area contributed by atoms with E-state index < -0.39 is 15.8 Å². The molecule has 1 fully saturated rings. The quantitative estimate of drug-likeness (QED) is 0.806. The Balaban J connectivity index is 0.00000264. The second-order valence-electron chi connectivity index (χ2n) is 5.89. The molecule has 0 bridgehead atoms. The van der Waals surface area contributed by atoms with Crippen LogP contribution in [-0.2, 0) is 14.8 Å². The van der Waals surface area contributed by atoms with Crippen molar-refractivity contribution in [1.82, 2.24) is 10.0 Å². The molecule has 0 unspecified atom stereocenters. The molecule has 0 aromatic heterocycles. The Kier molecular flexibility index (Phi) is 7.41. The van der Waals surface area contributed by atoms with Crippen LogP contribution >= 0.6 is 12.4 Å². The summed E-state index contributed by atoms with van der Waals surface area (Å²) < 4.78 is 46.7. The Hall–Kier alpha value is -0.730. The molecule has 0 spiro atoms. The van der Waals surface area contributed by atoms with Gasteiger partial charge in [0.2, 0.25) is 10.0 Å². The molecule has 1 heterocycles. The average Bonchev–Trinajstić information content (AvgIpc) is 2.49. The lowest BCUT2D eigenvalue weighted by atomic mass is 9.80. The maximum absolute atomic E-state index is 14.1. The Morgan fingerprint density at radius 1 is 1.35 bits per heavy atom. The highest BCUT2D eigenvalue weighted by atomic mass is 35.5. The topological polar surface area (TPSA) is 67.4 Å². The third kappa shape index (κ3) is 4.87. The highest BCUT2D eigenvalue weighted by Crippen LogP contribution is 2.29. The zero-order valence-corrected chi connectivity index (χ0v) is 15.0. The van der Waals surface area contributed by atoms with Crippen molar-refractivity contribution < 1.29 is 17.5 Å². The molecule has 8 heteroatoms. The molecule has 0 radical (unpaired) electrons. The van der Waals surface area contributed by atoms with Crippen LogP contribution in [0.15, 0.2) is 23.1 Å². The van der Waals surface area contributed by atoms with Crippen molar-refractivity contribution in [2.45, 2.75) is 24.7 Å². The fraction of sp³-hybridized carbons (Fsp3) is 0.600. The Morgan fingerprint density at radius 3 is 2.61 bits per heavy atom. The lowest BCUT2D eigenvalue weighted by Gasteiger charge is -2.37. The van der Waals surface area contributed by atoms with Crippen LogP contribution in [0, 0.1) is 18.2 Å². The zero-order valence-electron chi connectivity index (χ0n) is 13.4. The monoisotopic (exact) mass is 366 g/mol. The average molecular weight is 367 g/mol. The first-order valence-corrected chi connectivity index (χ1v) is 8.83. The van der Waals surface area contributed by atoms with Crippen molar-refractivity contribution in [3.8, 4) is 0 Å². The predicted molar refractivity (Wildman–Crippen MR) is 90.0 cm³/mol. The van der Waals surface area contributed by atoms with Crippen LogP contribution in [0.25, 0.3) is 0 Å². The molecular weight excluding hydrogens is 343 g/mol. The molecule has 2 N–H and O–H groups in total.